The molecule has 5 aromatic rings. The van der Waals surface area contributed by atoms with Gasteiger partial charge in [0, 0.05) is 63.7 Å². The average Bonchev–Trinajstić information content (AvgIpc) is 3.93. The molecule has 0 spiro atoms. The fourth-order valence-corrected chi connectivity index (χ4v) is 7.81. The molecule has 5 heterocycles. The SMILES string of the molecule is CN(CCCCCCCCc1ccc2c(c1)n(C)c(=O)n2C1CCC(=O)NC1=O)C(=O)c1cc2ccc(C3=CCCN(C(=O)CCn4ccnn4)C3)cc2[nH]1. The van der Waals surface area contributed by atoms with Crippen LogP contribution in [0.5, 0.6) is 0 Å². The summed E-state index contributed by atoms with van der Waals surface area (Å²) in [5, 5.41) is 11.1. The minimum absolute atomic E-state index is 0.0271. The molecule has 0 radical (unpaired) electrons. The Kier molecular flexibility index (Phi) is 11.4. The van der Waals surface area contributed by atoms with Crippen molar-refractivity contribution >= 4 is 51.1 Å². The van der Waals surface area contributed by atoms with Crippen LogP contribution in [0.25, 0.3) is 27.5 Å². The number of nitrogens with one attached hydrogen (secondary N) is 2. The number of amides is 4. The number of imide groups is 1. The van der Waals surface area contributed by atoms with Crippen molar-refractivity contribution in [3.05, 3.63) is 88.2 Å². The highest BCUT2D eigenvalue weighted by atomic mass is 16.2. The number of piperidine rings is 1. The van der Waals surface area contributed by atoms with E-state index in [1.165, 1.54) is 4.57 Å². The van der Waals surface area contributed by atoms with E-state index >= 15 is 0 Å². The first-order chi connectivity index (χ1) is 26.7. The van der Waals surface area contributed by atoms with E-state index < -0.39 is 11.9 Å². The van der Waals surface area contributed by atoms with Gasteiger partial charge in [0.1, 0.15) is 11.7 Å². The molecule has 0 bridgehead atoms. The second kappa shape index (κ2) is 16.7. The van der Waals surface area contributed by atoms with Crippen molar-refractivity contribution in [3.8, 4) is 0 Å². The lowest BCUT2D eigenvalue weighted by molar-refractivity contribution is -0.136. The summed E-state index contributed by atoms with van der Waals surface area (Å²) >= 11 is 0. The highest BCUT2D eigenvalue weighted by molar-refractivity contribution is 6.00. The fraction of sp³-hybridized carbons (Fsp3) is 0.439. The number of unbranched alkanes of at least 4 members (excludes halogenated alkanes) is 5. The Balaban J connectivity index is 0.829. The molecule has 2 aromatic carbocycles. The van der Waals surface area contributed by atoms with E-state index in [9.17, 15) is 24.0 Å². The zero-order chi connectivity index (χ0) is 38.5. The van der Waals surface area contributed by atoms with Gasteiger partial charge in [-0.25, -0.2) is 4.79 Å². The predicted octanol–water partition coefficient (Wildman–Crippen LogP) is 4.75. The molecule has 1 saturated heterocycles. The molecule has 1 atom stereocenters. The number of hydrogen-bond acceptors (Lipinski definition) is 7. The number of imidazole rings is 1. The summed E-state index contributed by atoms with van der Waals surface area (Å²) in [6.07, 6.45) is 14.5. The van der Waals surface area contributed by atoms with Crippen LogP contribution in [-0.4, -0.2) is 89.2 Å². The molecule has 1 unspecified atom stereocenters. The van der Waals surface area contributed by atoms with Gasteiger partial charge in [-0.2, -0.15) is 0 Å². The van der Waals surface area contributed by atoms with Gasteiger partial charge in [0.05, 0.1) is 23.8 Å². The number of nitrogens with zero attached hydrogens (tertiary/aromatic N) is 7. The molecule has 2 aliphatic heterocycles. The Bertz CT molecular complexity index is 2300. The van der Waals surface area contributed by atoms with Gasteiger partial charge in [0.2, 0.25) is 17.7 Å². The van der Waals surface area contributed by atoms with E-state index in [0.717, 1.165) is 84.5 Å². The smallest absolute Gasteiger partial charge is 0.329 e. The molecule has 0 saturated carbocycles. The second-order valence-corrected chi connectivity index (χ2v) is 14.8. The molecule has 14 nitrogen and oxygen atoms in total. The lowest BCUT2D eigenvalue weighted by Gasteiger charge is -2.28. The highest BCUT2D eigenvalue weighted by Gasteiger charge is 2.31. The molecular weight excluding hydrogens is 699 g/mol. The third kappa shape index (κ3) is 8.48. The van der Waals surface area contributed by atoms with Gasteiger partial charge in [-0.3, -0.25) is 38.3 Å². The fourth-order valence-electron chi connectivity index (χ4n) is 7.81. The average molecular weight is 748 g/mol. The minimum atomic E-state index is -0.680. The summed E-state index contributed by atoms with van der Waals surface area (Å²) in [7, 11) is 3.57. The number of aryl methyl sites for hydroxylation is 3. The Hall–Kier alpha value is -5.79. The number of H-pyrrole nitrogens is 1. The van der Waals surface area contributed by atoms with Crippen LogP contribution in [0, 0.1) is 0 Å². The largest absolute Gasteiger partial charge is 0.351 e. The molecule has 0 aliphatic carbocycles. The maximum Gasteiger partial charge on any atom is 0.329 e. The zero-order valence-corrected chi connectivity index (χ0v) is 31.6. The highest BCUT2D eigenvalue weighted by Crippen LogP contribution is 2.27. The van der Waals surface area contributed by atoms with Crippen LogP contribution in [0.4, 0.5) is 0 Å². The van der Waals surface area contributed by atoms with Crippen LogP contribution < -0.4 is 11.0 Å². The number of benzene rings is 2. The van der Waals surface area contributed by atoms with Crippen molar-refractivity contribution in [2.24, 2.45) is 7.05 Å². The van der Waals surface area contributed by atoms with Gasteiger partial charge >= 0.3 is 5.69 Å². The first-order valence-electron chi connectivity index (χ1n) is 19.4. The number of fused-ring (bicyclic) bond motifs is 2. The lowest BCUT2D eigenvalue weighted by atomic mass is 10.00. The summed E-state index contributed by atoms with van der Waals surface area (Å²) in [6.45, 7) is 2.45. The van der Waals surface area contributed by atoms with Gasteiger partial charge in [-0.1, -0.05) is 55.2 Å². The van der Waals surface area contributed by atoms with Gasteiger partial charge in [0.15, 0.2) is 0 Å². The van der Waals surface area contributed by atoms with Crippen LogP contribution in [0.1, 0.15) is 91.9 Å². The molecule has 4 amide bonds. The van der Waals surface area contributed by atoms with Crippen molar-refractivity contribution in [3.63, 3.8) is 0 Å². The van der Waals surface area contributed by atoms with E-state index in [4.69, 9.17) is 0 Å². The van der Waals surface area contributed by atoms with Gasteiger partial charge in [-0.05, 0) is 73.1 Å². The van der Waals surface area contributed by atoms with Crippen molar-refractivity contribution in [1.29, 1.82) is 0 Å². The van der Waals surface area contributed by atoms with Crippen molar-refractivity contribution in [2.75, 3.05) is 26.7 Å². The number of carbonyl (C=O) groups is 4. The normalized spacial score (nSPS) is 16.1. The zero-order valence-electron chi connectivity index (χ0n) is 31.6. The Morgan fingerprint density at radius 3 is 2.58 bits per heavy atom. The summed E-state index contributed by atoms with van der Waals surface area (Å²) in [4.78, 5) is 70.4. The first-order valence-corrected chi connectivity index (χ1v) is 19.4. The van der Waals surface area contributed by atoms with Gasteiger partial charge in [0.25, 0.3) is 5.91 Å². The third-order valence-corrected chi connectivity index (χ3v) is 11.0. The van der Waals surface area contributed by atoms with Crippen LogP contribution in [0.15, 0.2) is 65.7 Å². The molecule has 55 heavy (non-hydrogen) atoms. The summed E-state index contributed by atoms with van der Waals surface area (Å²) < 4.78 is 4.77. The standard InChI is InChI=1S/C41H49N9O5/c1-46(20-8-6-4-3-5-7-10-28-12-15-34-36(24-28)47(2)41(55)50(34)35-16-17-37(51)44-39(35)53)40(54)33-26-30-14-13-29(25-32(30)43-33)31-11-9-21-48(27-31)38(52)18-22-49-23-19-42-45-49/h11-15,19,23-26,35,43H,3-10,16-18,20-22,27H2,1-2H3,(H,44,51,53). The van der Waals surface area contributed by atoms with Crippen molar-refractivity contribution in [2.45, 2.75) is 83.2 Å². The maximum absolute atomic E-state index is 13.3. The minimum Gasteiger partial charge on any atom is -0.351 e. The predicted molar refractivity (Wildman–Crippen MR) is 209 cm³/mol. The van der Waals surface area contributed by atoms with E-state index in [1.54, 1.807) is 33.6 Å². The molecule has 2 N–H and O–H groups in total. The monoisotopic (exact) mass is 747 g/mol. The summed E-state index contributed by atoms with van der Waals surface area (Å²) in [5.74, 6) is -0.654. The quantitative estimate of drug-likeness (QED) is 0.116. The van der Waals surface area contributed by atoms with E-state index in [2.05, 4.69) is 38.8 Å². The van der Waals surface area contributed by atoms with Gasteiger partial charge < -0.3 is 14.8 Å². The number of aromatic amines is 1. The maximum atomic E-state index is 13.3. The molecule has 2 aliphatic rings. The number of aromatic nitrogens is 6. The molecule has 3 aromatic heterocycles. The van der Waals surface area contributed by atoms with Gasteiger partial charge in [-0.15, -0.1) is 5.10 Å². The summed E-state index contributed by atoms with van der Waals surface area (Å²) in [6, 6.07) is 13.4. The van der Waals surface area contributed by atoms with E-state index in [-0.39, 0.29) is 29.8 Å². The van der Waals surface area contributed by atoms with E-state index in [1.807, 2.05) is 42.3 Å². The molecule has 7 rings (SSSR count). The Morgan fingerprint density at radius 1 is 0.964 bits per heavy atom. The summed E-state index contributed by atoms with van der Waals surface area (Å²) in [5.41, 5.74) is 6.02. The Labute approximate surface area is 319 Å². The molecule has 288 valence electrons. The molecular formula is C41H49N9O5. The van der Waals surface area contributed by atoms with E-state index in [0.29, 0.717) is 50.2 Å². The number of rotatable bonds is 15. The van der Waals surface area contributed by atoms with Crippen LogP contribution in [0.2, 0.25) is 0 Å². The van der Waals surface area contributed by atoms with Crippen molar-refractivity contribution < 1.29 is 19.2 Å². The van der Waals surface area contributed by atoms with Crippen LogP contribution >= 0.6 is 0 Å². The van der Waals surface area contributed by atoms with Crippen LogP contribution in [-0.2, 0) is 34.4 Å². The van der Waals surface area contributed by atoms with Crippen LogP contribution in [0.3, 0.4) is 0 Å². The first kappa shape index (κ1) is 37.5. The lowest BCUT2D eigenvalue weighted by Crippen LogP contribution is -2.44. The molecule has 1 fully saturated rings. The Morgan fingerprint density at radius 2 is 1.78 bits per heavy atom. The third-order valence-electron chi connectivity index (χ3n) is 11.0. The second-order valence-electron chi connectivity index (χ2n) is 14.8. The molecule has 14 heteroatoms. The van der Waals surface area contributed by atoms with Crippen molar-refractivity contribution in [1.82, 2.24) is 44.2 Å². The number of hydrogen-bond donors (Lipinski definition) is 2. The topological polar surface area (TPSA) is 160 Å². The number of carbonyl (C=O) groups excluding carboxylic acids is 4.